The average Bonchev–Trinajstić information content (AvgIpc) is 3.24. The number of amides is 1. The molecule has 17 heavy (non-hydrogen) atoms. The van der Waals surface area contributed by atoms with E-state index < -0.39 is 0 Å². The molecule has 3 nitrogen and oxygen atoms in total. The highest BCUT2D eigenvalue weighted by Crippen LogP contribution is 2.48. The topological polar surface area (TPSA) is 41.1 Å². The van der Waals surface area contributed by atoms with Gasteiger partial charge in [0.05, 0.1) is 5.92 Å². The molecule has 1 amide bonds. The van der Waals surface area contributed by atoms with Crippen LogP contribution in [0, 0.1) is 23.7 Å². The molecule has 2 aliphatic carbocycles. The fourth-order valence-corrected chi connectivity index (χ4v) is 3.21. The highest BCUT2D eigenvalue weighted by molar-refractivity contribution is 5.78. The SMILES string of the molecule is O=C(NCC(C1CC1)C1CC1)[C@@H]1CCCNC1. The van der Waals surface area contributed by atoms with Crippen molar-refractivity contribution >= 4 is 5.91 Å². The van der Waals surface area contributed by atoms with Crippen LogP contribution in [0.25, 0.3) is 0 Å². The maximum atomic E-state index is 12.0. The van der Waals surface area contributed by atoms with E-state index in [0.29, 0.717) is 5.91 Å². The summed E-state index contributed by atoms with van der Waals surface area (Å²) in [5.74, 6) is 3.20. The summed E-state index contributed by atoms with van der Waals surface area (Å²) < 4.78 is 0. The summed E-state index contributed by atoms with van der Waals surface area (Å²) >= 11 is 0. The van der Waals surface area contributed by atoms with Gasteiger partial charge < -0.3 is 10.6 Å². The van der Waals surface area contributed by atoms with E-state index in [1.807, 2.05) is 0 Å². The Labute approximate surface area is 104 Å². The standard InChI is InChI=1S/C14H24N2O/c17-14(12-2-1-7-15-8-12)16-9-13(10-3-4-10)11-5-6-11/h10-13,15H,1-9H2,(H,16,17)/t12-/m1/s1. The van der Waals surface area contributed by atoms with Crippen LogP contribution in [0.1, 0.15) is 38.5 Å². The lowest BCUT2D eigenvalue weighted by atomic mass is 9.96. The summed E-state index contributed by atoms with van der Waals surface area (Å²) in [6.45, 7) is 2.91. The molecule has 3 aliphatic rings. The van der Waals surface area contributed by atoms with Gasteiger partial charge in [-0.1, -0.05) is 0 Å². The summed E-state index contributed by atoms with van der Waals surface area (Å²) in [6, 6.07) is 0. The Kier molecular flexibility index (Phi) is 3.37. The third-order valence-electron chi connectivity index (χ3n) is 4.63. The average molecular weight is 236 g/mol. The predicted octanol–water partition coefficient (Wildman–Crippen LogP) is 1.54. The van der Waals surface area contributed by atoms with E-state index in [1.54, 1.807) is 0 Å². The zero-order valence-corrected chi connectivity index (χ0v) is 10.6. The van der Waals surface area contributed by atoms with E-state index in [0.717, 1.165) is 50.2 Å². The molecular formula is C14H24N2O. The van der Waals surface area contributed by atoms with Crippen LogP contribution in [0.3, 0.4) is 0 Å². The molecule has 96 valence electrons. The molecule has 3 fully saturated rings. The van der Waals surface area contributed by atoms with Gasteiger partial charge in [0, 0.05) is 13.1 Å². The fourth-order valence-electron chi connectivity index (χ4n) is 3.21. The third kappa shape index (κ3) is 3.01. The summed E-state index contributed by atoms with van der Waals surface area (Å²) in [6.07, 6.45) is 7.83. The van der Waals surface area contributed by atoms with Gasteiger partial charge in [-0.15, -0.1) is 0 Å². The Hall–Kier alpha value is -0.570. The molecule has 0 bridgehead atoms. The lowest BCUT2D eigenvalue weighted by molar-refractivity contribution is -0.125. The van der Waals surface area contributed by atoms with Crippen molar-refractivity contribution < 1.29 is 4.79 Å². The van der Waals surface area contributed by atoms with Crippen LogP contribution in [-0.2, 0) is 4.79 Å². The number of carbonyl (C=O) groups is 1. The van der Waals surface area contributed by atoms with Gasteiger partial charge in [-0.25, -0.2) is 0 Å². The molecule has 1 saturated heterocycles. The minimum Gasteiger partial charge on any atom is -0.356 e. The van der Waals surface area contributed by atoms with Crippen molar-refractivity contribution in [1.82, 2.24) is 10.6 Å². The van der Waals surface area contributed by atoms with Crippen molar-refractivity contribution in [3.63, 3.8) is 0 Å². The van der Waals surface area contributed by atoms with Crippen LogP contribution < -0.4 is 10.6 Å². The van der Waals surface area contributed by atoms with E-state index in [2.05, 4.69) is 10.6 Å². The Morgan fingerprint density at radius 1 is 1.18 bits per heavy atom. The van der Waals surface area contributed by atoms with Crippen LogP contribution in [0.4, 0.5) is 0 Å². The quantitative estimate of drug-likeness (QED) is 0.760. The van der Waals surface area contributed by atoms with Crippen LogP contribution in [0.2, 0.25) is 0 Å². The second-order valence-corrected chi connectivity index (χ2v) is 6.13. The van der Waals surface area contributed by atoms with Gasteiger partial charge in [-0.3, -0.25) is 4.79 Å². The molecule has 3 heteroatoms. The van der Waals surface area contributed by atoms with Gasteiger partial charge in [0.25, 0.3) is 0 Å². The highest BCUT2D eigenvalue weighted by atomic mass is 16.1. The molecule has 0 aromatic rings. The third-order valence-corrected chi connectivity index (χ3v) is 4.63. The highest BCUT2D eigenvalue weighted by Gasteiger charge is 2.41. The normalized spacial score (nSPS) is 29.4. The van der Waals surface area contributed by atoms with E-state index in [9.17, 15) is 4.79 Å². The lowest BCUT2D eigenvalue weighted by Crippen LogP contribution is -2.42. The minimum atomic E-state index is 0.225. The Morgan fingerprint density at radius 3 is 2.41 bits per heavy atom. The van der Waals surface area contributed by atoms with E-state index in [4.69, 9.17) is 0 Å². The van der Waals surface area contributed by atoms with Crippen molar-refractivity contribution in [3.05, 3.63) is 0 Å². The van der Waals surface area contributed by atoms with Gasteiger partial charge >= 0.3 is 0 Å². The van der Waals surface area contributed by atoms with Crippen molar-refractivity contribution in [1.29, 1.82) is 0 Å². The Morgan fingerprint density at radius 2 is 1.88 bits per heavy atom. The maximum absolute atomic E-state index is 12.0. The molecule has 0 aromatic heterocycles. The summed E-state index contributed by atoms with van der Waals surface area (Å²) in [5.41, 5.74) is 0. The molecule has 2 saturated carbocycles. The molecule has 0 aromatic carbocycles. The Balaban J connectivity index is 1.44. The first-order valence-electron chi connectivity index (χ1n) is 7.33. The van der Waals surface area contributed by atoms with Crippen molar-refractivity contribution in [2.75, 3.05) is 19.6 Å². The molecule has 0 unspecified atom stereocenters. The van der Waals surface area contributed by atoms with Gasteiger partial charge in [-0.2, -0.15) is 0 Å². The van der Waals surface area contributed by atoms with Crippen LogP contribution in [-0.4, -0.2) is 25.5 Å². The minimum absolute atomic E-state index is 0.225. The zero-order valence-electron chi connectivity index (χ0n) is 10.6. The van der Waals surface area contributed by atoms with Gasteiger partial charge in [0.1, 0.15) is 0 Å². The maximum Gasteiger partial charge on any atom is 0.224 e. The Bertz CT molecular complexity index is 266. The van der Waals surface area contributed by atoms with Gasteiger partial charge in [-0.05, 0) is 62.8 Å². The van der Waals surface area contributed by atoms with Crippen LogP contribution >= 0.6 is 0 Å². The monoisotopic (exact) mass is 236 g/mol. The van der Waals surface area contributed by atoms with E-state index in [-0.39, 0.29) is 5.92 Å². The first-order valence-corrected chi connectivity index (χ1v) is 7.33. The largest absolute Gasteiger partial charge is 0.356 e. The van der Waals surface area contributed by atoms with Crippen LogP contribution in [0.5, 0.6) is 0 Å². The predicted molar refractivity (Wildman–Crippen MR) is 67.5 cm³/mol. The first kappa shape index (κ1) is 11.5. The number of carbonyl (C=O) groups excluding carboxylic acids is 1. The lowest BCUT2D eigenvalue weighted by Gasteiger charge is -2.23. The van der Waals surface area contributed by atoms with Crippen molar-refractivity contribution in [2.45, 2.75) is 38.5 Å². The van der Waals surface area contributed by atoms with E-state index >= 15 is 0 Å². The number of hydrogen-bond donors (Lipinski definition) is 2. The molecule has 0 radical (unpaired) electrons. The molecule has 1 aliphatic heterocycles. The smallest absolute Gasteiger partial charge is 0.224 e. The second kappa shape index (κ2) is 4.97. The number of hydrogen-bond acceptors (Lipinski definition) is 2. The zero-order chi connectivity index (χ0) is 11.7. The number of nitrogens with one attached hydrogen (secondary N) is 2. The van der Waals surface area contributed by atoms with Gasteiger partial charge in [0.15, 0.2) is 0 Å². The van der Waals surface area contributed by atoms with Crippen molar-refractivity contribution in [3.8, 4) is 0 Å². The first-order chi connectivity index (χ1) is 8.34. The second-order valence-electron chi connectivity index (χ2n) is 6.13. The molecule has 3 rings (SSSR count). The number of piperidine rings is 1. The molecular weight excluding hydrogens is 212 g/mol. The van der Waals surface area contributed by atoms with Crippen molar-refractivity contribution in [2.24, 2.45) is 23.7 Å². The van der Waals surface area contributed by atoms with Crippen LogP contribution in [0.15, 0.2) is 0 Å². The number of rotatable bonds is 5. The van der Waals surface area contributed by atoms with E-state index in [1.165, 1.54) is 25.7 Å². The summed E-state index contributed by atoms with van der Waals surface area (Å²) in [4.78, 5) is 12.0. The molecule has 1 atom stereocenters. The molecule has 0 spiro atoms. The summed E-state index contributed by atoms with van der Waals surface area (Å²) in [5, 5.41) is 6.53. The summed E-state index contributed by atoms with van der Waals surface area (Å²) in [7, 11) is 0. The fraction of sp³-hybridized carbons (Fsp3) is 0.929. The molecule has 1 heterocycles. The van der Waals surface area contributed by atoms with Gasteiger partial charge in [0.2, 0.25) is 5.91 Å². The molecule has 2 N–H and O–H groups in total.